The van der Waals surface area contributed by atoms with Crippen LogP contribution in [0.1, 0.15) is 46.4 Å². The Bertz CT molecular complexity index is 1600. The molecule has 6 rings (SSSR count). The van der Waals surface area contributed by atoms with Crippen LogP contribution < -0.4 is 16.0 Å². The molecule has 0 unspecified atom stereocenters. The standard InChI is InChI=1S/C29H29ClN8O3/c1-17-23(16-41-37-17)28(40)38-8-6-18(7-9-38)11-26(39)35-25-5-4-21-12-20(25)3-2-19-10-22(14-31-13-19)34-29-32-15-24(30)27(33-21)36-29/h4-5,10,12-16,18H,2-3,6-9,11H2,1H3,(H,35,39)(H2,32,33,34,36). The summed E-state index contributed by atoms with van der Waals surface area (Å²) >= 11 is 6.37. The first-order chi connectivity index (χ1) is 19.9. The van der Waals surface area contributed by atoms with Gasteiger partial charge in [0.2, 0.25) is 11.9 Å². The van der Waals surface area contributed by atoms with Crippen molar-refractivity contribution in [3.8, 4) is 0 Å². The zero-order chi connectivity index (χ0) is 28.3. The van der Waals surface area contributed by atoms with Gasteiger partial charge in [-0.15, -0.1) is 0 Å². The molecule has 0 atom stereocenters. The van der Waals surface area contributed by atoms with Crippen molar-refractivity contribution < 1.29 is 14.1 Å². The molecule has 1 aromatic carbocycles. The van der Waals surface area contributed by atoms with E-state index in [2.05, 4.69) is 36.1 Å². The molecule has 6 bridgehead atoms. The Morgan fingerprint density at radius 2 is 1.95 bits per heavy atom. The minimum atomic E-state index is -0.0728. The monoisotopic (exact) mass is 572 g/mol. The Morgan fingerprint density at radius 1 is 1.10 bits per heavy atom. The van der Waals surface area contributed by atoms with Crippen LogP contribution in [0.5, 0.6) is 0 Å². The molecular formula is C29H29ClN8O3. The molecule has 11 nitrogen and oxygen atoms in total. The molecule has 0 saturated carbocycles. The van der Waals surface area contributed by atoms with E-state index in [0.29, 0.717) is 54.0 Å². The molecule has 0 radical (unpaired) electrons. The van der Waals surface area contributed by atoms with Crippen molar-refractivity contribution in [2.45, 2.75) is 39.0 Å². The summed E-state index contributed by atoms with van der Waals surface area (Å²) in [4.78, 5) is 40.9. The van der Waals surface area contributed by atoms with Crippen molar-refractivity contribution in [2.75, 3.05) is 29.0 Å². The molecule has 2 aliphatic heterocycles. The number of nitrogens with one attached hydrogen (secondary N) is 3. The molecule has 2 amide bonds. The van der Waals surface area contributed by atoms with Crippen molar-refractivity contribution in [1.82, 2.24) is 25.0 Å². The smallest absolute Gasteiger partial charge is 0.259 e. The normalized spacial score (nSPS) is 15.0. The number of carbonyl (C=O) groups is 2. The highest BCUT2D eigenvalue weighted by Gasteiger charge is 2.27. The quantitative estimate of drug-likeness (QED) is 0.298. The number of hydrogen-bond donors (Lipinski definition) is 3. The van der Waals surface area contributed by atoms with E-state index in [0.717, 1.165) is 47.5 Å². The summed E-state index contributed by atoms with van der Waals surface area (Å²) in [6.45, 7) is 2.96. The molecule has 3 aromatic heterocycles. The van der Waals surface area contributed by atoms with Crippen LogP contribution in [0.15, 0.2) is 53.6 Å². The maximum absolute atomic E-state index is 13.1. The molecule has 0 spiro atoms. The second-order valence-electron chi connectivity index (χ2n) is 10.4. The fraction of sp³-hybridized carbons (Fsp3) is 0.310. The predicted octanol–water partition coefficient (Wildman–Crippen LogP) is 5.29. The number of pyridine rings is 1. The lowest BCUT2D eigenvalue weighted by Crippen LogP contribution is -2.39. The van der Waals surface area contributed by atoms with Gasteiger partial charge in [-0.1, -0.05) is 16.8 Å². The van der Waals surface area contributed by atoms with E-state index in [-0.39, 0.29) is 17.7 Å². The number of rotatable bonds is 4. The van der Waals surface area contributed by atoms with Crippen LogP contribution in [-0.4, -0.2) is 49.9 Å². The van der Waals surface area contributed by atoms with Crippen molar-refractivity contribution in [2.24, 2.45) is 5.92 Å². The van der Waals surface area contributed by atoms with Gasteiger partial charge in [0.25, 0.3) is 5.91 Å². The van der Waals surface area contributed by atoms with Crippen LogP contribution in [0.25, 0.3) is 0 Å². The largest absolute Gasteiger partial charge is 0.364 e. The van der Waals surface area contributed by atoms with Crippen molar-refractivity contribution in [1.29, 1.82) is 0 Å². The lowest BCUT2D eigenvalue weighted by atomic mass is 9.92. The summed E-state index contributed by atoms with van der Waals surface area (Å²) in [5, 5.41) is 13.8. The number of carbonyl (C=O) groups excluding carboxylic acids is 2. The number of benzene rings is 1. The van der Waals surface area contributed by atoms with Gasteiger partial charge in [0.15, 0.2) is 5.82 Å². The minimum absolute atomic E-state index is 0.0409. The lowest BCUT2D eigenvalue weighted by molar-refractivity contribution is -0.117. The fourth-order valence-corrected chi connectivity index (χ4v) is 5.36. The van der Waals surface area contributed by atoms with Gasteiger partial charge < -0.3 is 25.4 Å². The van der Waals surface area contributed by atoms with E-state index < -0.39 is 0 Å². The molecule has 5 heterocycles. The summed E-state index contributed by atoms with van der Waals surface area (Å²) in [5.41, 5.74) is 5.45. The molecular weight excluding hydrogens is 544 g/mol. The van der Waals surface area contributed by atoms with E-state index in [1.807, 2.05) is 30.5 Å². The van der Waals surface area contributed by atoms with Crippen LogP contribution in [0.3, 0.4) is 0 Å². The number of amides is 2. The molecule has 1 saturated heterocycles. The van der Waals surface area contributed by atoms with Gasteiger partial charge in [0, 0.05) is 37.1 Å². The third kappa shape index (κ3) is 6.14. The zero-order valence-corrected chi connectivity index (χ0v) is 23.2. The topological polar surface area (TPSA) is 138 Å². The fourth-order valence-electron chi connectivity index (χ4n) is 5.22. The molecule has 1 fully saturated rings. The van der Waals surface area contributed by atoms with Gasteiger partial charge in [0.1, 0.15) is 16.8 Å². The van der Waals surface area contributed by atoms with Crippen LogP contribution in [-0.2, 0) is 17.6 Å². The van der Waals surface area contributed by atoms with Crippen molar-refractivity contribution in [3.63, 3.8) is 0 Å². The third-order valence-corrected chi connectivity index (χ3v) is 7.75. The van der Waals surface area contributed by atoms with Gasteiger partial charge in [0.05, 0.1) is 23.8 Å². The first-order valence-electron chi connectivity index (χ1n) is 13.5. The molecule has 4 aromatic rings. The number of piperidine rings is 1. The molecule has 210 valence electrons. The van der Waals surface area contributed by atoms with Crippen LogP contribution in [0.4, 0.5) is 28.8 Å². The maximum Gasteiger partial charge on any atom is 0.259 e. The summed E-state index contributed by atoms with van der Waals surface area (Å²) < 4.78 is 4.92. The second kappa shape index (κ2) is 11.5. The third-order valence-electron chi connectivity index (χ3n) is 7.48. The van der Waals surface area contributed by atoms with Gasteiger partial charge in [-0.05, 0) is 73.9 Å². The predicted molar refractivity (Wildman–Crippen MR) is 155 cm³/mol. The highest BCUT2D eigenvalue weighted by atomic mass is 35.5. The van der Waals surface area contributed by atoms with E-state index >= 15 is 0 Å². The van der Waals surface area contributed by atoms with Gasteiger partial charge >= 0.3 is 0 Å². The first kappa shape index (κ1) is 26.7. The average Bonchev–Trinajstić information content (AvgIpc) is 3.40. The maximum atomic E-state index is 13.1. The van der Waals surface area contributed by atoms with Gasteiger partial charge in [-0.25, -0.2) is 4.98 Å². The number of anilines is 5. The number of nitrogens with zero attached hydrogens (tertiary/aromatic N) is 5. The number of hydrogen-bond acceptors (Lipinski definition) is 9. The second-order valence-corrected chi connectivity index (χ2v) is 10.8. The summed E-state index contributed by atoms with van der Waals surface area (Å²) in [6.07, 6.45) is 9.83. The van der Waals surface area contributed by atoms with E-state index in [1.165, 1.54) is 6.26 Å². The summed E-state index contributed by atoms with van der Waals surface area (Å²) in [7, 11) is 0. The molecule has 12 heteroatoms. The minimum Gasteiger partial charge on any atom is -0.364 e. The van der Waals surface area contributed by atoms with E-state index in [1.54, 1.807) is 24.2 Å². The highest BCUT2D eigenvalue weighted by molar-refractivity contribution is 6.32. The molecule has 41 heavy (non-hydrogen) atoms. The summed E-state index contributed by atoms with van der Waals surface area (Å²) in [5.74, 6) is 0.962. The number of fused-ring (bicyclic) bond motifs is 6. The van der Waals surface area contributed by atoms with Crippen LogP contribution >= 0.6 is 11.6 Å². The number of aromatic nitrogens is 4. The zero-order valence-electron chi connectivity index (χ0n) is 22.5. The Kier molecular flexibility index (Phi) is 7.51. The molecule has 0 aliphatic carbocycles. The van der Waals surface area contributed by atoms with Gasteiger partial charge in [-0.2, -0.15) is 4.98 Å². The lowest BCUT2D eigenvalue weighted by Gasteiger charge is -2.31. The van der Waals surface area contributed by atoms with E-state index in [4.69, 9.17) is 16.1 Å². The molecule has 3 N–H and O–H groups in total. The van der Waals surface area contributed by atoms with Crippen LogP contribution in [0.2, 0.25) is 5.02 Å². The Balaban J connectivity index is 1.14. The van der Waals surface area contributed by atoms with Crippen molar-refractivity contribution >= 4 is 52.2 Å². The summed E-state index contributed by atoms with van der Waals surface area (Å²) in [6, 6.07) is 7.82. The highest BCUT2D eigenvalue weighted by Crippen LogP contribution is 2.30. The van der Waals surface area contributed by atoms with Crippen molar-refractivity contribution in [3.05, 3.63) is 76.5 Å². The van der Waals surface area contributed by atoms with Crippen LogP contribution in [0, 0.1) is 12.8 Å². The Hall–Kier alpha value is -4.51. The molecule has 2 aliphatic rings. The number of aryl methyl sites for hydroxylation is 3. The number of likely N-dealkylation sites (tertiary alicyclic amines) is 1. The first-order valence-corrected chi connectivity index (χ1v) is 13.9. The van der Waals surface area contributed by atoms with E-state index in [9.17, 15) is 9.59 Å². The Labute approximate surface area is 241 Å². The number of halogens is 1. The average molecular weight is 573 g/mol. The SMILES string of the molecule is Cc1nocc1C(=O)N1CCC(CC(=O)Nc2ccc3cc2CCc2cncc(c2)Nc2ncc(Cl)c(n2)N3)CC1. The Morgan fingerprint density at radius 3 is 2.76 bits per heavy atom. The van der Waals surface area contributed by atoms with Gasteiger partial charge in [-0.3, -0.25) is 14.6 Å².